The molecule has 2 rings (SSSR count). The number of hydrogen-bond donors (Lipinski definition) is 3. The Hall–Kier alpha value is -2.38. The molecule has 0 aliphatic heterocycles. The van der Waals surface area contributed by atoms with Crippen molar-refractivity contribution >= 4 is 29.0 Å². The average molecular weight is 294 g/mol. The van der Waals surface area contributed by atoms with E-state index in [9.17, 15) is 4.79 Å². The summed E-state index contributed by atoms with van der Waals surface area (Å²) in [6.07, 6.45) is 1.49. The normalized spacial score (nSPS) is 9.95. The third-order valence-corrected chi connectivity index (χ3v) is 2.60. The van der Waals surface area contributed by atoms with Crippen LogP contribution in [0.1, 0.15) is 10.4 Å². The van der Waals surface area contributed by atoms with Gasteiger partial charge in [0.15, 0.2) is 0 Å². The topological polar surface area (TPSA) is 102 Å². The molecule has 0 atom stereocenters. The first kappa shape index (κ1) is 14.0. The van der Waals surface area contributed by atoms with Gasteiger partial charge in [-0.25, -0.2) is 15.8 Å². The Morgan fingerprint density at radius 2 is 2.20 bits per heavy atom. The molecule has 7 nitrogen and oxygen atoms in total. The number of rotatable bonds is 4. The smallest absolute Gasteiger partial charge is 0.255 e. The van der Waals surface area contributed by atoms with E-state index in [0.29, 0.717) is 22.9 Å². The number of hydrazine groups is 1. The van der Waals surface area contributed by atoms with Crippen LogP contribution in [0.3, 0.4) is 0 Å². The minimum absolute atomic E-state index is 0.165. The number of nitrogens with zero attached hydrogens (tertiary/aromatic N) is 2. The second kappa shape index (κ2) is 6.18. The third kappa shape index (κ3) is 3.34. The van der Waals surface area contributed by atoms with Gasteiger partial charge in [0.1, 0.15) is 11.0 Å². The Morgan fingerprint density at radius 3 is 2.80 bits per heavy atom. The van der Waals surface area contributed by atoms with E-state index in [1.807, 2.05) is 0 Å². The summed E-state index contributed by atoms with van der Waals surface area (Å²) < 4.78 is 4.93. The Morgan fingerprint density at radius 1 is 1.40 bits per heavy atom. The summed E-state index contributed by atoms with van der Waals surface area (Å²) in [6, 6.07) is 6.24. The second-order valence-electron chi connectivity index (χ2n) is 3.75. The van der Waals surface area contributed by atoms with Crippen molar-refractivity contribution in [3.05, 3.63) is 41.2 Å². The van der Waals surface area contributed by atoms with Gasteiger partial charge >= 0.3 is 0 Å². The highest BCUT2D eigenvalue weighted by Gasteiger charge is 2.09. The molecule has 2 heterocycles. The minimum Gasteiger partial charge on any atom is -0.481 e. The Balaban J connectivity index is 2.16. The lowest BCUT2D eigenvalue weighted by atomic mass is 10.2. The molecule has 8 heteroatoms. The molecule has 20 heavy (non-hydrogen) atoms. The van der Waals surface area contributed by atoms with Crippen molar-refractivity contribution in [2.75, 3.05) is 17.9 Å². The first-order valence-electron chi connectivity index (χ1n) is 5.58. The van der Waals surface area contributed by atoms with Crippen molar-refractivity contribution < 1.29 is 9.53 Å². The van der Waals surface area contributed by atoms with Crippen LogP contribution in [-0.4, -0.2) is 23.0 Å². The molecule has 0 aliphatic rings. The number of amides is 1. The van der Waals surface area contributed by atoms with E-state index < -0.39 is 0 Å². The Labute approximate surface area is 120 Å². The molecule has 0 aromatic carbocycles. The van der Waals surface area contributed by atoms with Crippen LogP contribution in [0.15, 0.2) is 30.5 Å². The fourth-order valence-electron chi connectivity index (χ4n) is 1.48. The number of aromatic nitrogens is 2. The van der Waals surface area contributed by atoms with Crippen molar-refractivity contribution in [1.82, 2.24) is 9.97 Å². The standard InChI is InChI=1S/C12H12ClN5O2/c1-20-11-3-2-8(6-15-11)16-12(19)7-4-9(13)17-10(5-7)18-14/h2-6H,14H2,1H3,(H,16,19)(H,17,18). The molecule has 1 amide bonds. The predicted octanol–water partition coefficient (Wildman–Crippen LogP) is 1.68. The molecule has 4 N–H and O–H groups in total. The van der Waals surface area contributed by atoms with E-state index in [1.54, 1.807) is 12.1 Å². The largest absolute Gasteiger partial charge is 0.481 e. The predicted molar refractivity (Wildman–Crippen MR) is 75.8 cm³/mol. The van der Waals surface area contributed by atoms with E-state index in [0.717, 1.165) is 0 Å². The second-order valence-corrected chi connectivity index (χ2v) is 4.14. The maximum atomic E-state index is 12.1. The number of carbonyl (C=O) groups excluding carboxylic acids is 1. The molecule has 2 aromatic rings. The van der Waals surface area contributed by atoms with Gasteiger partial charge in [-0.15, -0.1) is 0 Å². The number of halogens is 1. The monoisotopic (exact) mass is 293 g/mol. The Kier molecular flexibility index (Phi) is 4.34. The number of nitrogen functional groups attached to an aromatic ring is 1. The van der Waals surface area contributed by atoms with Gasteiger partial charge in [0, 0.05) is 11.6 Å². The number of methoxy groups -OCH3 is 1. The van der Waals surface area contributed by atoms with E-state index in [2.05, 4.69) is 20.7 Å². The molecule has 0 unspecified atom stereocenters. The lowest BCUT2D eigenvalue weighted by Crippen LogP contribution is -2.14. The zero-order valence-electron chi connectivity index (χ0n) is 10.6. The van der Waals surface area contributed by atoms with Crippen molar-refractivity contribution in [3.8, 4) is 5.88 Å². The summed E-state index contributed by atoms with van der Waals surface area (Å²) >= 11 is 5.80. The SMILES string of the molecule is COc1ccc(NC(=O)c2cc(Cl)nc(NN)c2)cn1. The van der Waals surface area contributed by atoms with Crippen LogP contribution in [-0.2, 0) is 0 Å². The molecule has 0 saturated heterocycles. The van der Waals surface area contributed by atoms with E-state index in [4.69, 9.17) is 22.2 Å². The molecular formula is C12H12ClN5O2. The highest BCUT2D eigenvalue weighted by atomic mass is 35.5. The molecule has 0 radical (unpaired) electrons. The van der Waals surface area contributed by atoms with E-state index in [-0.39, 0.29) is 11.1 Å². The Bertz CT molecular complexity index is 618. The molecule has 104 valence electrons. The summed E-state index contributed by atoms with van der Waals surface area (Å²) in [5, 5.41) is 2.84. The lowest BCUT2D eigenvalue weighted by Gasteiger charge is -2.07. The molecule has 0 aliphatic carbocycles. The highest BCUT2D eigenvalue weighted by molar-refractivity contribution is 6.30. The number of anilines is 2. The number of carbonyl (C=O) groups is 1. The van der Waals surface area contributed by atoms with Crippen LogP contribution < -0.4 is 21.3 Å². The van der Waals surface area contributed by atoms with Gasteiger partial charge in [0.25, 0.3) is 5.91 Å². The fourth-order valence-corrected chi connectivity index (χ4v) is 1.69. The quantitative estimate of drug-likeness (QED) is 0.450. The van der Waals surface area contributed by atoms with Gasteiger partial charge in [-0.05, 0) is 18.2 Å². The molecule has 2 aromatic heterocycles. The molecule has 0 saturated carbocycles. The number of ether oxygens (including phenoxy) is 1. The molecular weight excluding hydrogens is 282 g/mol. The minimum atomic E-state index is -0.349. The fraction of sp³-hybridized carbons (Fsp3) is 0.0833. The molecule has 0 spiro atoms. The first-order valence-corrected chi connectivity index (χ1v) is 5.96. The first-order chi connectivity index (χ1) is 9.62. The zero-order valence-corrected chi connectivity index (χ0v) is 11.3. The van der Waals surface area contributed by atoms with Gasteiger partial charge in [-0.3, -0.25) is 4.79 Å². The maximum absolute atomic E-state index is 12.1. The van der Waals surface area contributed by atoms with Crippen LogP contribution in [0.25, 0.3) is 0 Å². The van der Waals surface area contributed by atoms with Crippen LogP contribution in [0, 0.1) is 0 Å². The van der Waals surface area contributed by atoms with Crippen molar-refractivity contribution in [2.45, 2.75) is 0 Å². The number of hydrogen-bond acceptors (Lipinski definition) is 6. The number of pyridine rings is 2. The average Bonchev–Trinajstić information content (AvgIpc) is 2.47. The van der Waals surface area contributed by atoms with Crippen LogP contribution in [0.5, 0.6) is 5.88 Å². The summed E-state index contributed by atoms with van der Waals surface area (Å²) in [5.41, 5.74) is 3.20. The summed E-state index contributed by atoms with van der Waals surface area (Å²) in [6.45, 7) is 0. The van der Waals surface area contributed by atoms with Gasteiger partial charge in [0.2, 0.25) is 5.88 Å². The third-order valence-electron chi connectivity index (χ3n) is 2.41. The summed E-state index contributed by atoms with van der Waals surface area (Å²) in [7, 11) is 1.51. The molecule has 0 fully saturated rings. The highest BCUT2D eigenvalue weighted by Crippen LogP contribution is 2.16. The van der Waals surface area contributed by atoms with Gasteiger partial charge in [0.05, 0.1) is 19.0 Å². The zero-order chi connectivity index (χ0) is 14.5. The number of nitrogens with two attached hydrogens (primary N) is 1. The lowest BCUT2D eigenvalue weighted by molar-refractivity contribution is 0.102. The van der Waals surface area contributed by atoms with Crippen LogP contribution in [0.4, 0.5) is 11.5 Å². The maximum Gasteiger partial charge on any atom is 0.255 e. The molecule has 0 bridgehead atoms. The van der Waals surface area contributed by atoms with Gasteiger partial charge < -0.3 is 15.5 Å². The number of nitrogens with one attached hydrogen (secondary N) is 2. The van der Waals surface area contributed by atoms with Gasteiger partial charge in [-0.2, -0.15) is 0 Å². The summed E-state index contributed by atoms with van der Waals surface area (Å²) in [5.74, 6) is 5.66. The van der Waals surface area contributed by atoms with Crippen LogP contribution in [0.2, 0.25) is 5.15 Å². The van der Waals surface area contributed by atoms with Crippen molar-refractivity contribution in [2.24, 2.45) is 5.84 Å². The van der Waals surface area contributed by atoms with Crippen LogP contribution >= 0.6 is 11.6 Å². The van der Waals surface area contributed by atoms with Gasteiger partial charge in [-0.1, -0.05) is 11.6 Å². The van der Waals surface area contributed by atoms with E-state index >= 15 is 0 Å². The van der Waals surface area contributed by atoms with E-state index in [1.165, 1.54) is 25.4 Å². The van der Waals surface area contributed by atoms with Crippen molar-refractivity contribution in [3.63, 3.8) is 0 Å². The summed E-state index contributed by atoms with van der Waals surface area (Å²) in [4.78, 5) is 19.9. The van der Waals surface area contributed by atoms with Crippen molar-refractivity contribution in [1.29, 1.82) is 0 Å².